The molecular formula is C13H19N. The van der Waals surface area contributed by atoms with Crippen molar-refractivity contribution in [1.82, 2.24) is 4.98 Å². The molecule has 1 heterocycles. The Labute approximate surface area is 86.9 Å². The molecule has 14 heavy (non-hydrogen) atoms. The number of hydrogen-bond donors (Lipinski definition) is 0. The minimum absolute atomic E-state index is 0.557. The van der Waals surface area contributed by atoms with Crippen molar-refractivity contribution in [3.8, 4) is 0 Å². The second kappa shape index (κ2) is 4.41. The van der Waals surface area contributed by atoms with E-state index < -0.39 is 0 Å². The van der Waals surface area contributed by atoms with Crippen LogP contribution in [0.4, 0.5) is 0 Å². The molecule has 0 spiro atoms. The van der Waals surface area contributed by atoms with Crippen molar-refractivity contribution in [1.29, 1.82) is 0 Å². The van der Waals surface area contributed by atoms with Gasteiger partial charge in [-0.2, -0.15) is 0 Å². The normalized spacial score (nSPS) is 10.6. The van der Waals surface area contributed by atoms with Gasteiger partial charge < -0.3 is 0 Å². The van der Waals surface area contributed by atoms with Gasteiger partial charge in [0.05, 0.1) is 5.69 Å². The Morgan fingerprint density at radius 1 is 1.43 bits per heavy atom. The summed E-state index contributed by atoms with van der Waals surface area (Å²) in [5.74, 6) is 0.557. The maximum atomic E-state index is 4.53. The Balaban J connectivity index is 3.20. The molecule has 1 aromatic rings. The molecule has 1 heteroatoms. The SMILES string of the molecule is C=C(C)c1cc(C(C)C)cc(CC)n1. The third kappa shape index (κ3) is 2.44. The predicted octanol–water partition coefficient (Wildman–Crippen LogP) is 3.80. The summed E-state index contributed by atoms with van der Waals surface area (Å²) in [4.78, 5) is 4.53. The Kier molecular flexibility index (Phi) is 3.45. The fraction of sp³-hybridized carbons (Fsp3) is 0.462. The highest BCUT2D eigenvalue weighted by molar-refractivity contribution is 5.58. The standard InChI is InChI=1S/C13H19N/c1-6-12-7-11(9(2)3)8-13(14-12)10(4)5/h7-9H,4,6H2,1-3,5H3. The molecule has 1 rings (SSSR count). The van der Waals surface area contributed by atoms with Crippen LogP contribution in [0.3, 0.4) is 0 Å². The van der Waals surface area contributed by atoms with Crippen LogP contribution in [-0.2, 0) is 6.42 Å². The Morgan fingerprint density at radius 2 is 2.07 bits per heavy atom. The van der Waals surface area contributed by atoms with E-state index in [4.69, 9.17) is 0 Å². The molecule has 0 amide bonds. The van der Waals surface area contributed by atoms with E-state index in [2.05, 4.69) is 44.5 Å². The lowest BCUT2D eigenvalue weighted by molar-refractivity contribution is 0.851. The first-order valence-electron chi connectivity index (χ1n) is 5.21. The molecule has 0 aliphatic carbocycles. The first-order valence-corrected chi connectivity index (χ1v) is 5.21. The number of pyridine rings is 1. The average molecular weight is 189 g/mol. The number of hydrogen-bond acceptors (Lipinski definition) is 1. The van der Waals surface area contributed by atoms with Gasteiger partial charge in [0.1, 0.15) is 0 Å². The maximum absolute atomic E-state index is 4.53. The smallest absolute Gasteiger partial charge is 0.0659 e. The summed E-state index contributed by atoms with van der Waals surface area (Å²) < 4.78 is 0. The molecule has 0 aliphatic rings. The summed E-state index contributed by atoms with van der Waals surface area (Å²) >= 11 is 0. The molecule has 0 saturated carbocycles. The molecule has 0 radical (unpaired) electrons. The van der Waals surface area contributed by atoms with Crippen LogP contribution in [0.15, 0.2) is 18.7 Å². The highest BCUT2D eigenvalue weighted by atomic mass is 14.7. The predicted molar refractivity (Wildman–Crippen MR) is 62.4 cm³/mol. The number of rotatable bonds is 3. The molecule has 76 valence electrons. The monoisotopic (exact) mass is 189 g/mol. The van der Waals surface area contributed by atoms with Crippen molar-refractivity contribution in [2.24, 2.45) is 0 Å². The molecule has 0 N–H and O–H groups in total. The average Bonchev–Trinajstić information content (AvgIpc) is 2.16. The van der Waals surface area contributed by atoms with E-state index in [1.165, 1.54) is 5.56 Å². The van der Waals surface area contributed by atoms with Crippen LogP contribution in [-0.4, -0.2) is 4.98 Å². The zero-order valence-electron chi connectivity index (χ0n) is 9.59. The minimum atomic E-state index is 0.557. The first-order chi connectivity index (χ1) is 6.54. The minimum Gasteiger partial charge on any atom is -0.253 e. The molecule has 0 aromatic carbocycles. The summed E-state index contributed by atoms with van der Waals surface area (Å²) in [6.45, 7) is 12.5. The van der Waals surface area contributed by atoms with Crippen molar-refractivity contribution < 1.29 is 0 Å². The van der Waals surface area contributed by atoms with E-state index in [0.29, 0.717) is 5.92 Å². The Hall–Kier alpha value is -1.11. The molecule has 0 unspecified atom stereocenters. The molecule has 0 bridgehead atoms. The summed E-state index contributed by atoms with van der Waals surface area (Å²) in [6.07, 6.45) is 0.987. The van der Waals surface area contributed by atoms with Crippen molar-refractivity contribution in [2.45, 2.75) is 40.0 Å². The van der Waals surface area contributed by atoms with Crippen molar-refractivity contribution in [3.05, 3.63) is 35.7 Å². The van der Waals surface area contributed by atoms with Gasteiger partial charge in [-0.3, -0.25) is 4.98 Å². The number of aromatic nitrogens is 1. The zero-order chi connectivity index (χ0) is 10.7. The van der Waals surface area contributed by atoms with Gasteiger partial charge in [0.25, 0.3) is 0 Å². The molecule has 1 aromatic heterocycles. The van der Waals surface area contributed by atoms with Crippen molar-refractivity contribution >= 4 is 5.57 Å². The van der Waals surface area contributed by atoms with Crippen molar-refractivity contribution in [2.75, 3.05) is 0 Å². The van der Waals surface area contributed by atoms with Gasteiger partial charge in [-0.25, -0.2) is 0 Å². The number of allylic oxidation sites excluding steroid dienone is 1. The van der Waals surface area contributed by atoms with E-state index in [0.717, 1.165) is 23.4 Å². The largest absolute Gasteiger partial charge is 0.253 e. The lowest BCUT2D eigenvalue weighted by atomic mass is 10.0. The second-order valence-electron chi connectivity index (χ2n) is 4.07. The Bertz CT molecular complexity index is 337. The Morgan fingerprint density at radius 3 is 2.50 bits per heavy atom. The maximum Gasteiger partial charge on any atom is 0.0659 e. The number of nitrogens with zero attached hydrogens (tertiary/aromatic N) is 1. The van der Waals surface area contributed by atoms with Gasteiger partial charge in [-0.15, -0.1) is 0 Å². The molecule has 0 aliphatic heterocycles. The lowest BCUT2D eigenvalue weighted by Crippen LogP contribution is -1.97. The van der Waals surface area contributed by atoms with Gasteiger partial charge in [0.2, 0.25) is 0 Å². The third-order valence-corrected chi connectivity index (χ3v) is 2.37. The highest BCUT2D eigenvalue weighted by Gasteiger charge is 2.05. The molecule has 0 atom stereocenters. The zero-order valence-corrected chi connectivity index (χ0v) is 9.59. The summed E-state index contributed by atoms with van der Waals surface area (Å²) in [6, 6.07) is 4.34. The first kappa shape index (κ1) is 11.0. The summed E-state index contributed by atoms with van der Waals surface area (Å²) in [5, 5.41) is 0. The van der Waals surface area contributed by atoms with Crippen LogP contribution in [0, 0.1) is 0 Å². The van der Waals surface area contributed by atoms with Crippen LogP contribution in [0.5, 0.6) is 0 Å². The van der Waals surface area contributed by atoms with Gasteiger partial charge in [-0.05, 0) is 42.5 Å². The second-order valence-corrected chi connectivity index (χ2v) is 4.07. The van der Waals surface area contributed by atoms with Crippen LogP contribution in [0.1, 0.15) is 50.6 Å². The van der Waals surface area contributed by atoms with Gasteiger partial charge >= 0.3 is 0 Å². The summed E-state index contributed by atoms with van der Waals surface area (Å²) in [5.41, 5.74) is 4.60. The summed E-state index contributed by atoms with van der Waals surface area (Å²) in [7, 11) is 0. The van der Waals surface area contributed by atoms with Gasteiger partial charge in [0.15, 0.2) is 0 Å². The van der Waals surface area contributed by atoms with Crippen LogP contribution in [0.25, 0.3) is 5.57 Å². The van der Waals surface area contributed by atoms with Gasteiger partial charge in [0, 0.05) is 5.69 Å². The van der Waals surface area contributed by atoms with Crippen LogP contribution < -0.4 is 0 Å². The topological polar surface area (TPSA) is 12.9 Å². The van der Waals surface area contributed by atoms with E-state index >= 15 is 0 Å². The molecule has 0 saturated heterocycles. The van der Waals surface area contributed by atoms with Crippen LogP contribution in [0.2, 0.25) is 0 Å². The fourth-order valence-electron chi connectivity index (χ4n) is 1.34. The fourth-order valence-corrected chi connectivity index (χ4v) is 1.34. The molecule has 0 fully saturated rings. The highest BCUT2D eigenvalue weighted by Crippen LogP contribution is 2.19. The van der Waals surface area contributed by atoms with Crippen molar-refractivity contribution in [3.63, 3.8) is 0 Å². The lowest BCUT2D eigenvalue weighted by Gasteiger charge is -2.10. The van der Waals surface area contributed by atoms with E-state index in [1.54, 1.807) is 0 Å². The number of aryl methyl sites for hydroxylation is 1. The molecule has 1 nitrogen and oxygen atoms in total. The van der Waals surface area contributed by atoms with Crippen LogP contribution >= 0.6 is 0 Å². The van der Waals surface area contributed by atoms with E-state index in [1.807, 2.05) is 6.92 Å². The molecular weight excluding hydrogens is 170 g/mol. The van der Waals surface area contributed by atoms with E-state index in [9.17, 15) is 0 Å². The third-order valence-electron chi connectivity index (χ3n) is 2.37. The quantitative estimate of drug-likeness (QED) is 0.704. The van der Waals surface area contributed by atoms with E-state index in [-0.39, 0.29) is 0 Å². The van der Waals surface area contributed by atoms with Gasteiger partial charge in [-0.1, -0.05) is 27.4 Å².